The van der Waals surface area contributed by atoms with Crippen molar-refractivity contribution in [1.29, 1.82) is 0 Å². The molecule has 134 valence electrons. The van der Waals surface area contributed by atoms with Gasteiger partial charge in [0.2, 0.25) is 10.4 Å². The van der Waals surface area contributed by atoms with Crippen molar-refractivity contribution in [2.75, 3.05) is 13.7 Å². The van der Waals surface area contributed by atoms with Gasteiger partial charge < -0.3 is 28.6 Å². The van der Waals surface area contributed by atoms with Gasteiger partial charge in [-0.05, 0) is 0 Å². The Morgan fingerprint density at radius 1 is 1.24 bits per heavy atom. The fourth-order valence-corrected chi connectivity index (χ4v) is 3.25. The van der Waals surface area contributed by atoms with Gasteiger partial charge in [-0.3, -0.25) is 4.18 Å². The molecule has 1 aromatic carbocycles. The number of hydrogen-bond acceptors (Lipinski definition) is 9. The maximum Gasteiger partial charge on any atom is 1.00 e. The van der Waals surface area contributed by atoms with Gasteiger partial charge in [0, 0.05) is 12.7 Å². The molecule has 11 heteroatoms. The SMILES string of the molecule is CO[C@H]1O[C@@H]2COC(c3ccccc3)O[C@H]2[C@H](O)[C@H]1OS(=O)(=O)[O-].[Na+]. The standard InChI is InChI=1S/C14H18O9S.Na/c1-19-14-12(23-24(16,17)18)10(15)11-9(21-14)7-20-13(22-11)8-5-3-2-4-6-8;/h2-6,9-15H,7H2,1H3,(H,16,17,18);/q;+1/p-1/t9-,10+,11-,12-,13?,14+;/m1./s1. The van der Waals surface area contributed by atoms with Gasteiger partial charge >= 0.3 is 29.6 Å². The molecular weight excluding hydrogens is 367 g/mol. The number of rotatable bonds is 4. The Balaban J connectivity index is 0.00000225. The summed E-state index contributed by atoms with van der Waals surface area (Å²) in [5.74, 6) is 0. The van der Waals surface area contributed by atoms with E-state index in [1.165, 1.54) is 7.11 Å². The van der Waals surface area contributed by atoms with Crippen molar-refractivity contribution in [3.8, 4) is 0 Å². The molecular formula is C14H17NaO9S. The van der Waals surface area contributed by atoms with Crippen molar-refractivity contribution in [3.63, 3.8) is 0 Å². The molecule has 1 aromatic rings. The summed E-state index contributed by atoms with van der Waals surface area (Å²) in [6.45, 7) is 0.0952. The summed E-state index contributed by atoms with van der Waals surface area (Å²) in [4.78, 5) is 0. The molecule has 2 aliphatic rings. The van der Waals surface area contributed by atoms with Gasteiger partial charge in [-0.2, -0.15) is 0 Å². The van der Waals surface area contributed by atoms with Gasteiger partial charge in [0.15, 0.2) is 18.7 Å². The topological polar surface area (TPSA) is 124 Å². The van der Waals surface area contributed by atoms with Crippen LogP contribution in [0.25, 0.3) is 0 Å². The first-order valence-corrected chi connectivity index (χ1v) is 8.55. The summed E-state index contributed by atoms with van der Waals surface area (Å²) < 4.78 is 58.8. The van der Waals surface area contributed by atoms with Gasteiger partial charge in [0.1, 0.15) is 18.3 Å². The maximum absolute atomic E-state index is 10.9. The average Bonchev–Trinajstić information content (AvgIpc) is 2.56. The van der Waals surface area contributed by atoms with Crippen LogP contribution < -0.4 is 29.6 Å². The van der Waals surface area contributed by atoms with E-state index in [2.05, 4.69) is 4.18 Å². The zero-order valence-corrected chi connectivity index (χ0v) is 16.5. The van der Waals surface area contributed by atoms with E-state index in [1.807, 2.05) is 6.07 Å². The molecule has 0 amide bonds. The van der Waals surface area contributed by atoms with Crippen molar-refractivity contribution in [1.82, 2.24) is 0 Å². The summed E-state index contributed by atoms with van der Waals surface area (Å²) in [5.41, 5.74) is 0.728. The van der Waals surface area contributed by atoms with Crippen LogP contribution in [0.2, 0.25) is 0 Å². The van der Waals surface area contributed by atoms with Gasteiger partial charge in [-0.15, -0.1) is 0 Å². The van der Waals surface area contributed by atoms with Crippen molar-refractivity contribution < 1.29 is 70.8 Å². The Hall–Kier alpha value is -0.110. The monoisotopic (exact) mass is 384 g/mol. The summed E-state index contributed by atoms with van der Waals surface area (Å²) in [5, 5.41) is 10.4. The Bertz CT molecular complexity index is 656. The molecule has 2 heterocycles. The van der Waals surface area contributed by atoms with E-state index in [0.717, 1.165) is 5.56 Å². The zero-order valence-electron chi connectivity index (χ0n) is 13.7. The third-order valence-electron chi connectivity index (χ3n) is 3.84. The fraction of sp³-hybridized carbons (Fsp3) is 0.571. The van der Waals surface area contributed by atoms with E-state index >= 15 is 0 Å². The second-order valence-corrected chi connectivity index (χ2v) is 6.42. The Labute approximate surface area is 167 Å². The average molecular weight is 384 g/mol. The van der Waals surface area contributed by atoms with E-state index in [9.17, 15) is 18.1 Å². The predicted molar refractivity (Wildman–Crippen MR) is 76.3 cm³/mol. The molecule has 2 aliphatic heterocycles. The molecule has 25 heavy (non-hydrogen) atoms. The molecule has 0 radical (unpaired) electrons. The van der Waals surface area contributed by atoms with E-state index in [-0.39, 0.29) is 36.2 Å². The molecule has 0 aliphatic carbocycles. The number of hydrogen-bond donors (Lipinski definition) is 1. The second kappa shape index (κ2) is 8.72. The van der Waals surface area contributed by atoms with Crippen LogP contribution in [0, 0.1) is 0 Å². The van der Waals surface area contributed by atoms with Crippen LogP contribution in [0.5, 0.6) is 0 Å². The molecule has 0 saturated carbocycles. The van der Waals surface area contributed by atoms with E-state index in [4.69, 9.17) is 18.9 Å². The molecule has 1 unspecified atom stereocenters. The number of aliphatic hydroxyl groups excluding tert-OH is 1. The first-order valence-electron chi connectivity index (χ1n) is 7.21. The van der Waals surface area contributed by atoms with E-state index < -0.39 is 47.4 Å². The van der Waals surface area contributed by atoms with Crippen LogP contribution in [-0.4, -0.2) is 62.5 Å². The third-order valence-corrected chi connectivity index (χ3v) is 4.30. The van der Waals surface area contributed by atoms with Crippen LogP contribution in [0.3, 0.4) is 0 Å². The molecule has 0 aromatic heterocycles. The smallest absolute Gasteiger partial charge is 0.726 e. The largest absolute Gasteiger partial charge is 1.00 e. The first kappa shape index (κ1) is 21.2. The van der Waals surface area contributed by atoms with Gasteiger partial charge in [-0.25, -0.2) is 8.42 Å². The number of fused-ring (bicyclic) bond motifs is 1. The first-order chi connectivity index (χ1) is 11.4. The van der Waals surface area contributed by atoms with Crippen molar-refractivity contribution >= 4 is 10.4 Å². The molecule has 2 saturated heterocycles. The molecule has 6 atom stereocenters. The molecule has 0 spiro atoms. The maximum atomic E-state index is 10.9. The number of methoxy groups -OCH3 is 1. The number of ether oxygens (including phenoxy) is 4. The molecule has 1 N–H and O–H groups in total. The molecule has 0 bridgehead atoms. The Morgan fingerprint density at radius 2 is 1.92 bits per heavy atom. The summed E-state index contributed by atoms with van der Waals surface area (Å²) in [6, 6.07) is 9.02. The molecule has 9 nitrogen and oxygen atoms in total. The summed E-state index contributed by atoms with van der Waals surface area (Å²) >= 11 is 0. The Kier molecular flexibility index (Phi) is 7.39. The molecule has 2 fully saturated rings. The normalized spacial score (nSPS) is 35.5. The minimum atomic E-state index is -5.06. The predicted octanol–water partition coefficient (Wildman–Crippen LogP) is -3.32. The van der Waals surface area contributed by atoms with Crippen LogP contribution in [0.4, 0.5) is 0 Å². The zero-order chi connectivity index (χ0) is 17.3. The minimum Gasteiger partial charge on any atom is -0.726 e. The summed E-state index contributed by atoms with van der Waals surface area (Å²) in [7, 11) is -3.82. The van der Waals surface area contributed by atoms with Crippen molar-refractivity contribution in [3.05, 3.63) is 35.9 Å². The van der Waals surface area contributed by atoms with Crippen molar-refractivity contribution in [2.24, 2.45) is 0 Å². The summed E-state index contributed by atoms with van der Waals surface area (Å²) in [6.07, 6.45) is -6.62. The van der Waals surface area contributed by atoms with E-state index in [1.54, 1.807) is 24.3 Å². The fourth-order valence-electron chi connectivity index (χ4n) is 2.77. The minimum absolute atomic E-state index is 0. The van der Waals surface area contributed by atoms with Gasteiger partial charge in [0.25, 0.3) is 0 Å². The Morgan fingerprint density at radius 3 is 2.52 bits per heavy atom. The number of benzene rings is 1. The van der Waals surface area contributed by atoms with Crippen LogP contribution in [0.1, 0.15) is 11.9 Å². The second-order valence-electron chi connectivity index (χ2n) is 5.41. The van der Waals surface area contributed by atoms with Crippen LogP contribution in [0.15, 0.2) is 30.3 Å². The van der Waals surface area contributed by atoms with E-state index in [0.29, 0.717) is 0 Å². The van der Waals surface area contributed by atoms with Crippen molar-refractivity contribution in [2.45, 2.75) is 37.0 Å². The van der Waals surface area contributed by atoms with Gasteiger partial charge in [-0.1, -0.05) is 30.3 Å². The third kappa shape index (κ3) is 4.99. The number of aliphatic hydroxyl groups is 1. The van der Waals surface area contributed by atoms with Crippen LogP contribution in [-0.2, 0) is 33.5 Å². The van der Waals surface area contributed by atoms with Gasteiger partial charge in [0.05, 0.1) is 6.61 Å². The molecule has 3 rings (SSSR count). The van der Waals surface area contributed by atoms with Crippen LogP contribution >= 0.6 is 0 Å². The quantitative estimate of drug-likeness (QED) is 0.323.